The van der Waals surface area contributed by atoms with Crippen LogP contribution in [0.3, 0.4) is 0 Å². The molecule has 0 unspecified atom stereocenters. The van der Waals surface area contributed by atoms with Gasteiger partial charge < -0.3 is 0 Å². The maximum absolute atomic E-state index is 13.0. The van der Waals surface area contributed by atoms with Gasteiger partial charge in [-0.25, -0.2) is 8.42 Å². The molecule has 0 saturated carbocycles. The third-order valence-corrected chi connectivity index (χ3v) is 7.73. The van der Waals surface area contributed by atoms with E-state index in [4.69, 9.17) is 0 Å². The summed E-state index contributed by atoms with van der Waals surface area (Å²) < 4.78 is 29.2. The Kier molecular flexibility index (Phi) is 7.58. The average Bonchev–Trinajstić information content (AvgIpc) is 3.20. The van der Waals surface area contributed by atoms with Crippen LogP contribution in [0.25, 0.3) is 10.6 Å². The summed E-state index contributed by atoms with van der Waals surface area (Å²) in [6, 6.07) is 13.1. The number of amides is 1. The number of hydrogen-bond donors (Lipinski definition) is 2. The van der Waals surface area contributed by atoms with E-state index in [1.165, 1.54) is 23.5 Å². The number of aromatic nitrogens is 2. The van der Waals surface area contributed by atoms with E-state index in [0.29, 0.717) is 16.6 Å². The predicted molar refractivity (Wildman–Crippen MR) is 126 cm³/mol. The van der Waals surface area contributed by atoms with E-state index in [9.17, 15) is 13.2 Å². The van der Waals surface area contributed by atoms with Crippen LogP contribution >= 0.6 is 27.3 Å². The van der Waals surface area contributed by atoms with Gasteiger partial charge >= 0.3 is 0 Å². The number of nitrogens with one attached hydrogen (secondary N) is 2. The van der Waals surface area contributed by atoms with Crippen molar-refractivity contribution < 1.29 is 13.2 Å². The monoisotopic (exact) mass is 522 g/mol. The Morgan fingerprint density at radius 3 is 2.35 bits per heavy atom. The molecular weight excluding hydrogens is 500 g/mol. The van der Waals surface area contributed by atoms with Gasteiger partial charge in [-0.05, 0) is 37.1 Å². The van der Waals surface area contributed by atoms with Gasteiger partial charge in [0.25, 0.3) is 0 Å². The van der Waals surface area contributed by atoms with Crippen LogP contribution < -0.4 is 10.0 Å². The lowest BCUT2D eigenvalue weighted by molar-refractivity contribution is -0.118. The Labute approximate surface area is 194 Å². The van der Waals surface area contributed by atoms with Gasteiger partial charge in [-0.1, -0.05) is 77.4 Å². The Bertz CT molecular complexity index is 1150. The highest BCUT2D eigenvalue weighted by Gasteiger charge is 2.30. The zero-order valence-corrected chi connectivity index (χ0v) is 20.5. The lowest BCUT2D eigenvalue weighted by Crippen LogP contribution is -2.47. The van der Waals surface area contributed by atoms with Crippen molar-refractivity contribution in [1.82, 2.24) is 14.9 Å². The van der Waals surface area contributed by atoms with Crippen LogP contribution in [0.5, 0.6) is 0 Å². The number of anilines is 1. The number of aryl methyl sites for hydroxylation is 1. The molecule has 3 rings (SSSR count). The number of hydrogen-bond acceptors (Lipinski definition) is 6. The number of nitrogens with zero attached hydrogens (tertiary/aromatic N) is 2. The standard InChI is InChI=1S/C21H23BrN4O3S2/c1-4-14(3)18(26-31(28,29)17-11-5-13(2)6-12-17)19(27)23-21-25-24-20(30-21)15-7-9-16(22)10-8-15/h5-12,14,18,26H,4H2,1-3H3,(H,23,25,27)/t14-,18+/m0/s1. The first-order valence-electron chi connectivity index (χ1n) is 9.69. The van der Waals surface area contributed by atoms with E-state index in [0.717, 1.165) is 15.6 Å². The molecule has 2 aromatic carbocycles. The average molecular weight is 523 g/mol. The van der Waals surface area contributed by atoms with Crippen LogP contribution in [0.2, 0.25) is 0 Å². The summed E-state index contributed by atoms with van der Waals surface area (Å²) in [6.07, 6.45) is 0.620. The lowest BCUT2D eigenvalue weighted by Gasteiger charge is -2.22. The van der Waals surface area contributed by atoms with Crippen molar-refractivity contribution in [3.8, 4) is 10.6 Å². The van der Waals surface area contributed by atoms with E-state index < -0.39 is 22.0 Å². The zero-order chi connectivity index (χ0) is 22.6. The molecule has 0 aliphatic heterocycles. The molecule has 0 spiro atoms. The fraction of sp³-hybridized carbons (Fsp3) is 0.286. The van der Waals surface area contributed by atoms with Crippen LogP contribution in [0.1, 0.15) is 25.8 Å². The molecule has 2 atom stereocenters. The lowest BCUT2D eigenvalue weighted by atomic mass is 9.99. The van der Waals surface area contributed by atoms with Gasteiger partial charge in [0.1, 0.15) is 11.0 Å². The van der Waals surface area contributed by atoms with Crippen molar-refractivity contribution >= 4 is 48.3 Å². The van der Waals surface area contributed by atoms with Gasteiger partial charge in [0, 0.05) is 10.0 Å². The quantitative estimate of drug-likeness (QED) is 0.449. The van der Waals surface area contributed by atoms with Crippen LogP contribution in [0, 0.1) is 12.8 Å². The summed E-state index contributed by atoms with van der Waals surface area (Å²) in [5.74, 6) is -0.692. The van der Waals surface area contributed by atoms with Crippen molar-refractivity contribution in [2.75, 3.05) is 5.32 Å². The summed E-state index contributed by atoms with van der Waals surface area (Å²) in [7, 11) is -3.86. The SMILES string of the molecule is CC[C@H](C)[C@@H](NS(=O)(=O)c1ccc(C)cc1)C(=O)Nc1nnc(-c2ccc(Br)cc2)s1. The second kappa shape index (κ2) is 9.99. The second-order valence-electron chi connectivity index (χ2n) is 7.21. The number of sulfonamides is 1. The van der Waals surface area contributed by atoms with Gasteiger partial charge in [0.05, 0.1) is 4.90 Å². The van der Waals surface area contributed by atoms with E-state index in [-0.39, 0.29) is 10.8 Å². The number of carbonyl (C=O) groups excluding carboxylic acids is 1. The summed E-state index contributed by atoms with van der Waals surface area (Å²) >= 11 is 4.62. The summed E-state index contributed by atoms with van der Waals surface area (Å²) in [5.41, 5.74) is 1.83. The normalized spacial score (nSPS) is 13.5. The molecule has 31 heavy (non-hydrogen) atoms. The predicted octanol–water partition coefficient (Wildman–Crippen LogP) is 4.61. The number of benzene rings is 2. The number of carbonyl (C=O) groups is 1. The topological polar surface area (TPSA) is 101 Å². The highest BCUT2D eigenvalue weighted by molar-refractivity contribution is 9.10. The second-order valence-corrected chi connectivity index (χ2v) is 10.8. The Balaban J connectivity index is 1.77. The van der Waals surface area contributed by atoms with Crippen molar-refractivity contribution in [1.29, 1.82) is 0 Å². The third-order valence-electron chi connectivity index (χ3n) is 4.86. The Hall–Kier alpha value is -2.14. The molecule has 0 bridgehead atoms. The van der Waals surface area contributed by atoms with Crippen LogP contribution in [0.4, 0.5) is 5.13 Å². The molecule has 1 amide bonds. The van der Waals surface area contributed by atoms with E-state index in [2.05, 4.69) is 36.2 Å². The fourth-order valence-electron chi connectivity index (χ4n) is 2.78. The van der Waals surface area contributed by atoms with Gasteiger partial charge in [-0.2, -0.15) is 4.72 Å². The minimum atomic E-state index is -3.86. The molecule has 7 nitrogen and oxygen atoms in total. The van der Waals surface area contributed by atoms with Crippen LogP contribution in [-0.2, 0) is 14.8 Å². The zero-order valence-electron chi connectivity index (χ0n) is 17.3. The maximum atomic E-state index is 13.0. The first-order valence-corrected chi connectivity index (χ1v) is 12.8. The van der Waals surface area contributed by atoms with Gasteiger partial charge in [-0.3, -0.25) is 10.1 Å². The first kappa shape index (κ1) is 23.5. The molecule has 3 aromatic rings. The van der Waals surface area contributed by atoms with E-state index in [1.807, 2.05) is 45.0 Å². The largest absolute Gasteiger partial charge is 0.299 e. The van der Waals surface area contributed by atoms with Gasteiger partial charge in [-0.15, -0.1) is 10.2 Å². The highest BCUT2D eigenvalue weighted by atomic mass is 79.9. The minimum absolute atomic E-state index is 0.118. The smallest absolute Gasteiger partial charge is 0.244 e. The molecule has 1 heterocycles. The Morgan fingerprint density at radius 1 is 1.10 bits per heavy atom. The highest BCUT2D eigenvalue weighted by Crippen LogP contribution is 2.28. The van der Waals surface area contributed by atoms with E-state index in [1.54, 1.807) is 12.1 Å². The molecule has 0 fully saturated rings. The number of halogens is 1. The van der Waals surface area contributed by atoms with Gasteiger partial charge in [0.15, 0.2) is 0 Å². The maximum Gasteiger partial charge on any atom is 0.244 e. The van der Waals surface area contributed by atoms with Crippen molar-refractivity contribution in [3.05, 3.63) is 58.6 Å². The van der Waals surface area contributed by atoms with E-state index >= 15 is 0 Å². The number of rotatable bonds is 8. The van der Waals surface area contributed by atoms with Crippen LogP contribution in [0.15, 0.2) is 57.9 Å². The first-order chi connectivity index (χ1) is 14.7. The summed E-state index contributed by atoms with van der Waals surface area (Å²) in [4.78, 5) is 13.1. The molecule has 0 aliphatic rings. The van der Waals surface area contributed by atoms with Crippen LogP contribution in [-0.4, -0.2) is 30.6 Å². The molecule has 2 N–H and O–H groups in total. The Morgan fingerprint density at radius 2 is 1.74 bits per heavy atom. The molecular formula is C21H23BrN4O3S2. The van der Waals surface area contributed by atoms with Crippen molar-refractivity contribution in [2.24, 2.45) is 5.92 Å². The summed E-state index contributed by atoms with van der Waals surface area (Å²) in [6.45, 7) is 5.61. The molecule has 10 heteroatoms. The molecule has 0 aliphatic carbocycles. The molecule has 1 aromatic heterocycles. The van der Waals surface area contributed by atoms with Crippen molar-refractivity contribution in [2.45, 2.75) is 38.1 Å². The van der Waals surface area contributed by atoms with Gasteiger partial charge in [0.2, 0.25) is 21.1 Å². The summed E-state index contributed by atoms with van der Waals surface area (Å²) in [5, 5.41) is 11.8. The molecule has 0 saturated heterocycles. The van der Waals surface area contributed by atoms with Crippen molar-refractivity contribution in [3.63, 3.8) is 0 Å². The molecule has 0 radical (unpaired) electrons. The fourth-order valence-corrected chi connectivity index (χ4v) is 5.10. The third kappa shape index (κ3) is 5.97. The molecule has 164 valence electrons. The minimum Gasteiger partial charge on any atom is -0.299 e.